The van der Waals surface area contributed by atoms with Crippen molar-refractivity contribution in [3.8, 4) is 0 Å². The fourth-order valence-electron chi connectivity index (χ4n) is 2.01. The van der Waals surface area contributed by atoms with E-state index in [1.54, 1.807) is 17.4 Å². The van der Waals surface area contributed by atoms with E-state index < -0.39 is 0 Å². The van der Waals surface area contributed by atoms with Gasteiger partial charge in [0, 0.05) is 10.9 Å². The third-order valence-corrected chi connectivity index (χ3v) is 4.59. The van der Waals surface area contributed by atoms with Crippen molar-refractivity contribution in [3.05, 3.63) is 50.6 Å². The molecule has 3 aromatic rings. The maximum Gasteiger partial charge on any atom is 0.139 e. The minimum atomic E-state index is -0.291. The number of hydrogen-bond acceptors (Lipinski definition) is 2. The second kappa shape index (κ2) is 5.23. The van der Waals surface area contributed by atoms with Gasteiger partial charge in [0.15, 0.2) is 0 Å². The fraction of sp³-hybridized carbons (Fsp3) is 0.154. The first-order chi connectivity index (χ1) is 9.19. The van der Waals surface area contributed by atoms with Crippen LogP contribution in [0.25, 0.3) is 11.0 Å². The van der Waals surface area contributed by atoms with Gasteiger partial charge in [-0.05, 0) is 33.4 Å². The minimum Gasteiger partial charge on any atom is -0.322 e. The van der Waals surface area contributed by atoms with Crippen molar-refractivity contribution in [2.75, 3.05) is 0 Å². The Kier molecular flexibility index (Phi) is 3.60. The van der Waals surface area contributed by atoms with Crippen molar-refractivity contribution in [1.82, 2.24) is 9.55 Å². The van der Waals surface area contributed by atoms with Crippen LogP contribution in [-0.4, -0.2) is 9.55 Å². The summed E-state index contributed by atoms with van der Waals surface area (Å²) < 4.78 is 16.1. The highest BCUT2D eigenvalue weighted by molar-refractivity contribution is 9.10. The van der Waals surface area contributed by atoms with Gasteiger partial charge in [-0.15, -0.1) is 22.9 Å². The number of alkyl halides is 1. The smallest absolute Gasteiger partial charge is 0.139 e. The van der Waals surface area contributed by atoms with Crippen molar-refractivity contribution in [3.63, 3.8) is 0 Å². The molecule has 98 valence electrons. The molecule has 0 fully saturated rings. The number of thiophene rings is 1. The number of benzene rings is 1. The average molecular weight is 360 g/mol. The second-order valence-corrected chi connectivity index (χ2v) is 6.24. The molecule has 0 N–H and O–H groups in total. The lowest BCUT2D eigenvalue weighted by Crippen LogP contribution is -2.02. The van der Waals surface area contributed by atoms with E-state index in [0.29, 0.717) is 16.9 Å². The predicted octanol–water partition coefficient (Wildman–Crippen LogP) is 4.79. The van der Waals surface area contributed by atoms with Crippen molar-refractivity contribution >= 4 is 49.9 Å². The van der Waals surface area contributed by atoms with Crippen LogP contribution >= 0.6 is 38.9 Å². The molecule has 0 saturated carbocycles. The Morgan fingerprint density at radius 2 is 2.26 bits per heavy atom. The first kappa shape index (κ1) is 13.1. The Morgan fingerprint density at radius 1 is 1.42 bits per heavy atom. The molecule has 0 spiro atoms. The van der Waals surface area contributed by atoms with Crippen LogP contribution in [0.3, 0.4) is 0 Å². The van der Waals surface area contributed by atoms with Gasteiger partial charge >= 0.3 is 0 Å². The van der Waals surface area contributed by atoms with E-state index in [-0.39, 0.29) is 5.82 Å². The molecule has 2 aromatic heterocycles. The number of rotatable bonds is 3. The molecular weight excluding hydrogens is 351 g/mol. The molecule has 0 saturated heterocycles. The molecule has 1 aromatic carbocycles. The number of aromatic nitrogens is 2. The number of nitrogens with zero attached hydrogens (tertiary/aromatic N) is 2. The second-order valence-electron chi connectivity index (χ2n) is 4.08. The molecule has 2 nitrogen and oxygen atoms in total. The molecule has 0 unspecified atom stereocenters. The Labute approximate surface area is 127 Å². The van der Waals surface area contributed by atoms with Gasteiger partial charge in [0.05, 0.1) is 27.9 Å². The number of hydrogen-bond donors (Lipinski definition) is 0. The van der Waals surface area contributed by atoms with Crippen LogP contribution < -0.4 is 0 Å². The van der Waals surface area contributed by atoms with Gasteiger partial charge in [-0.2, -0.15) is 0 Å². The first-order valence-corrected chi connectivity index (χ1v) is 7.82. The molecule has 0 bridgehead atoms. The molecule has 0 aliphatic heterocycles. The number of fused-ring (bicyclic) bond motifs is 1. The van der Waals surface area contributed by atoms with Gasteiger partial charge < -0.3 is 4.57 Å². The normalized spacial score (nSPS) is 11.3. The topological polar surface area (TPSA) is 17.8 Å². The zero-order chi connectivity index (χ0) is 13.4. The van der Waals surface area contributed by atoms with Gasteiger partial charge in [0.1, 0.15) is 11.6 Å². The van der Waals surface area contributed by atoms with E-state index in [1.807, 2.05) is 22.1 Å². The average Bonchev–Trinajstić information content (AvgIpc) is 3.00. The van der Waals surface area contributed by atoms with E-state index in [0.717, 1.165) is 16.9 Å². The van der Waals surface area contributed by atoms with E-state index in [1.165, 1.54) is 10.9 Å². The van der Waals surface area contributed by atoms with Crippen LogP contribution in [0.4, 0.5) is 4.39 Å². The van der Waals surface area contributed by atoms with E-state index >= 15 is 0 Å². The summed E-state index contributed by atoms with van der Waals surface area (Å²) in [5.74, 6) is 0.766. The molecule has 0 amide bonds. The monoisotopic (exact) mass is 358 g/mol. The molecule has 0 aliphatic rings. The predicted molar refractivity (Wildman–Crippen MR) is 80.4 cm³/mol. The zero-order valence-electron chi connectivity index (χ0n) is 9.74. The quantitative estimate of drug-likeness (QED) is 0.615. The maximum absolute atomic E-state index is 13.7. The van der Waals surface area contributed by atoms with Crippen molar-refractivity contribution in [2.45, 2.75) is 12.4 Å². The van der Waals surface area contributed by atoms with E-state index in [2.05, 4.69) is 20.9 Å². The zero-order valence-corrected chi connectivity index (χ0v) is 12.9. The van der Waals surface area contributed by atoms with Gasteiger partial charge in [-0.3, -0.25) is 0 Å². The highest BCUT2D eigenvalue weighted by Crippen LogP contribution is 2.26. The SMILES string of the molecule is Fc1cc2c(cc1Br)nc(CCl)n2Cc1cccs1. The van der Waals surface area contributed by atoms with Crippen molar-refractivity contribution in [1.29, 1.82) is 0 Å². The highest BCUT2D eigenvalue weighted by atomic mass is 79.9. The summed E-state index contributed by atoms with van der Waals surface area (Å²) in [5, 5.41) is 2.02. The lowest BCUT2D eigenvalue weighted by molar-refractivity contribution is 0.621. The van der Waals surface area contributed by atoms with Crippen LogP contribution in [-0.2, 0) is 12.4 Å². The summed E-state index contributed by atoms with van der Waals surface area (Å²) in [7, 11) is 0. The van der Waals surface area contributed by atoms with Gasteiger partial charge in [0.2, 0.25) is 0 Å². The van der Waals surface area contributed by atoms with Crippen LogP contribution in [0, 0.1) is 5.82 Å². The summed E-state index contributed by atoms with van der Waals surface area (Å²) in [6, 6.07) is 7.22. The van der Waals surface area contributed by atoms with Crippen LogP contribution in [0.2, 0.25) is 0 Å². The molecule has 19 heavy (non-hydrogen) atoms. The van der Waals surface area contributed by atoms with E-state index in [9.17, 15) is 4.39 Å². The fourth-order valence-corrected chi connectivity index (χ4v) is 3.23. The summed E-state index contributed by atoms with van der Waals surface area (Å²) in [5.41, 5.74) is 1.52. The van der Waals surface area contributed by atoms with E-state index in [4.69, 9.17) is 11.6 Å². The lowest BCUT2D eigenvalue weighted by atomic mass is 10.3. The highest BCUT2D eigenvalue weighted by Gasteiger charge is 2.13. The summed E-state index contributed by atoms with van der Waals surface area (Å²) >= 11 is 10.8. The molecular formula is C13H9BrClFN2S. The number of halogens is 3. The molecule has 2 heterocycles. The molecule has 0 atom stereocenters. The van der Waals surface area contributed by atoms with Gasteiger partial charge in [-0.25, -0.2) is 9.37 Å². The minimum absolute atomic E-state index is 0.291. The Balaban J connectivity index is 2.17. The van der Waals surface area contributed by atoms with Gasteiger partial charge in [-0.1, -0.05) is 6.07 Å². The summed E-state index contributed by atoms with van der Waals surface area (Å²) in [6.07, 6.45) is 0. The Hall–Kier alpha value is -0.910. The molecule has 0 radical (unpaired) electrons. The van der Waals surface area contributed by atoms with Gasteiger partial charge in [0.25, 0.3) is 0 Å². The number of imidazole rings is 1. The third-order valence-electron chi connectivity index (χ3n) is 2.88. The van der Waals surface area contributed by atoms with Crippen molar-refractivity contribution < 1.29 is 4.39 Å². The maximum atomic E-state index is 13.7. The molecule has 3 rings (SSSR count). The van der Waals surface area contributed by atoms with Crippen LogP contribution in [0.15, 0.2) is 34.1 Å². The third kappa shape index (κ3) is 2.42. The standard InChI is InChI=1S/C13H9BrClFN2S/c14-9-4-11-12(5-10(9)16)18(13(6-15)17-11)7-8-2-1-3-19-8/h1-5H,6-7H2. The summed E-state index contributed by atoms with van der Waals surface area (Å²) in [4.78, 5) is 5.64. The van der Waals surface area contributed by atoms with Crippen molar-refractivity contribution in [2.24, 2.45) is 0 Å². The Morgan fingerprint density at radius 3 is 2.95 bits per heavy atom. The Bertz CT molecular complexity index is 724. The van der Waals surface area contributed by atoms with Crippen LogP contribution in [0.1, 0.15) is 10.7 Å². The largest absolute Gasteiger partial charge is 0.322 e. The molecule has 0 aliphatic carbocycles. The summed E-state index contributed by atoms with van der Waals surface area (Å²) in [6.45, 7) is 0.664. The lowest BCUT2D eigenvalue weighted by Gasteiger charge is -2.06. The van der Waals surface area contributed by atoms with Crippen LogP contribution in [0.5, 0.6) is 0 Å². The first-order valence-electron chi connectivity index (χ1n) is 5.61. The molecule has 6 heteroatoms.